The Bertz CT molecular complexity index is 408. The van der Waals surface area contributed by atoms with E-state index in [9.17, 15) is 0 Å². The summed E-state index contributed by atoms with van der Waals surface area (Å²) in [5.74, 6) is 2.06. The molecule has 1 aliphatic carbocycles. The number of nitrogens with one attached hydrogen (secondary N) is 1. The largest absolute Gasteiger partial charge is 0.373 e. The average Bonchev–Trinajstić information content (AvgIpc) is 3.07. The zero-order valence-electron chi connectivity index (χ0n) is 11.1. The van der Waals surface area contributed by atoms with Crippen LogP contribution in [0.4, 0.5) is 0 Å². The monoisotopic (exact) mass is 251 g/mol. The minimum Gasteiger partial charge on any atom is -0.373 e. The Morgan fingerprint density at radius 3 is 2.94 bits per heavy atom. The fourth-order valence-corrected chi connectivity index (χ4v) is 2.74. The first-order valence-corrected chi connectivity index (χ1v) is 6.80. The zero-order valence-corrected chi connectivity index (χ0v) is 11.1. The van der Waals surface area contributed by atoms with Crippen molar-refractivity contribution >= 4 is 0 Å². The van der Waals surface area contributed by atoms with E-state index in [0.29, 0.717) is 5.92 Å². The van der Waals surface area contributed by atoms with E-state index in [-0.39, 0.29) is 11.5 Å². The lowest BCUT2D eigenvalue weighted by Gasteiger charge is -2.30. The lowest BCUT2D eigenvalue weighted by atomic mass is 9.83. The van der Waals surface area contributed by atoms with Gasteiger partial charge in [-0.05, 0) is 45.1 Å². The van der Waals surface area contributed by atoms with Crippen molar-refractivity contribution in [1.82, 2.24) is 15.5 Å². The summed E-state index contributed by atoms with van der Waals surface area (Å²) in [5.41, 5.74) is -0.0225. The molecule has 2 unspecified atom stereocenters. The summed E-state index contributed by atoms with van der Waals surface area (Å²) in [4.78, 5) is 4.60. The Kier molecular flexibility index (Phi) is 3.11. The second-order valence-electron chi connectivity index (χ2n) is 5.79. The van der Waals surface area contributed by atoms with Crippen LogP contribution in [0.25, 0.3) is 0 Å². The maximum atomic E-state index is 5.49. The number of aromatic nitrogens is 2. The molecule has 3 rings (SSSR count). The minimum absolute atomic E-state index is 0.0163. The topological polar surface area (TPSA) is 60.2 Å². The van der Waals surface area contributed by atoms with Gasteiger partial charge in [-0.3, -0.25) is 0 Å². The predicted molar refractivity (Wildman–Crippen MR) is 66.2 cm³/mol. The van der Waals surface area contributed by atoms with Gasteiger partial charge >= 0.3 is 0 Å². The summed E-state index contributed by atoms with van der Waals surface area (Å²) < 4.78 is 11.0. The van der Waals surface area contributed by atoms with E-state index in [4.69, 9.17) is 9.26 Å². The number of methoxy groups -OCH3 is 1. The molecule has 2 aliphatic rings. The van der Waals surface area contributed by atoms with Crippen molar-refractivity contribution in [3.8, 4) is 0 Å². The SMILES string of the molecule is COC(c1noc(C2(C)CCCNC2)n1)C1CC1. The molecule has 1 aromatic rings. The Morgan fingerprint density at radius 2 is 2.33 bits per heavy atom. The first-order chi connectivity index (χ1) is 8.73. The molecule has 0 amide bonds. The van der Waals surface area contributed by atoms with Crippen LogP contribution in [0, 0.1) is 5.92 Å². The first-order valence-electron chi connectivity index (χ1n) is 6.80. The highest BCUT2D eigenvalue weighted by molar-refractivity contribution is 5.08. The molecule has 1 saturated heterocycles. The molecular weight excluding hydrogens is 230 g/mol. The van der Waals surface area contributed by atoms with Crippen molar-refractivity contribution in [3.05, 3.63) is 11.7 Å². The second-order valence-corrected chi connectivity index (χ2v) is 5.79. The van der Waals surface area contributed by atoms with Crippen LogP contribution in [0.1, 0.15) is 50.4 Å². The third-order valence-electron chi connectivity index (χ3n) is 4.11. The zero-order chi connectivity index (χ0) is 12.6. The van der Waals surface area contributed by atoms with Crippen molar-refractivity contribution in [1.29, 1.82) is 0 Å². The second kappa shape index (κ2) is 4.63. The molecule has 100 valence electrons. The standard InChI is InChI=1S/C13H21N3O2/c1-13(6-3-7-14-8-13)12-15-11(16-18-12)10(17-2)9-4-5-9/h9-10,14H,3-8H2,1-2H3. The van der Waals surface area contributed by atoms with Gasteiger partial charge in [-0.2, -0.15) is 4.98 Å². The highest BCUT2D eigenvalue weighted by Gasteiger charge is 2.39. The summed E-state index contributed by atoms with van der Waals surface area (Å²) in [5, 5.41) is 7.53. The molecule has 0 aromatic carbocycles. The molecule has 2 atom stereocenters. The van der Waals surface area contributed by atoms with Gasteiger partial charge in [0.05, 0.1) is 5.41 Å². The van der Waals surface area contributed by atoms with Crippen LogP contribution in [0.2, 0.25) is 0 Å². The summed E-state index contributed by atoms with van der Waals surface area (Å²) in [6, 6.07) is 0. The van der Waals surface area contributed by atoms with Crippen molar-refractivity contribution in [3.63, 3.8) is 0 Å². The van der Waals surface area contributed by atoms with Crippen LogP contribution in [0.5, 0.6) is 0 Å². The van der Waals surface area contributed by atoms with E-state index in [0.717, 1.165) is 37.6 Å². The molecule has 5 heteroatoms. The van der Waals surface area contributed by atoms with Crippen LogP contribution in [0.15, 0.2) is 4.52 Å². The van der Waals surface area contributed by atoms with Gasteiger partial charge in [0.25, 0.3) is 0 Å². The highest BCUT2D eigenvalue weighted by atomic mass is 16.5. The van der Waals surface area contributed by atoms with Crippen molar-refractivity contribution < 1.29 is 9.26 Å². The average molecular weight is 251 g/mol. The quantitative estimate of drug-likeness (QED) is 0.884. The van der Waals surface area contributed by atoms with Gasteiger partial charge in [0.2, 0.25) is 11.7 Å². The van der Waals surface area contributed by atoms with Gasteiger partial charge in [-0.15, -0.1) is 0 Å². The molecular formula is C13H21N3O2. The molecule has 0 radical (unpaired) electrons. The number of piperidine rings is 1. The minimum atomic E-state index is -0.0225. The Balaban J connectivity index is 1.79. The third kappa shape index (κ3) is 2.17. The van der Waals surface area contributed by atoms with Crippen LogP contribution in [0.3, 0.4) is 0 Å². The van der Waals surface area contributed by atoms with E-state index in [2.05, 4.69) is 22.4 Å². The van der Waals surface area contributed by atoms with E-state index < -0.39 is 0 Å². The first kappa shape index (κ1) is 12.1. The molecule has 0 spiro atoms. The number of ether oxygens (including phenoxy) is 1. The molecule has 1 N–H and O–H groups in total. The van der Waals surface area contributed by atoms with Crippen molar-refractivity contribution in [2.45, 2.75) is 44.1 Å². The molecule has 2 heterocycles. The molecule has 18 heavy (non-hydrogen) atoms. The summed E-state index contributed by atoms with van der Waals surface area (Å²) in [7, 11) is 1.73. The smallest absolute Gasteiger partial charge is 0.233 e. The van der Waals surface area contributed by atoms with Gasteiger partial charge in [-0.1, -0.05) is 5.16 Å². The van der Waals surface area contributed by atoms with Gasteiger partial charge < -0.3 is 14.6 Å². The van der Waals surface area contributed by atoms with Crippen LogP contribution in [-0.4, -0.2) is 30.3 Å². The van der Waals surface area contributed by atoms with E-state index in [1.54, 1.807) is 7.11 Å². The molecule has 1 aromatic heterocycles. The van der Waals surface area contributed by atoms with Gasteiger partial charge in [-0.25, -0.2) is 0 Å². The molecule has 0 bridgehead atoms. The fourth-order valence-electron chi connectivity index (χ4n) is 2.74. The van der Waals surface area contributed by atoms with Gasteiger partial charge in [0.1, 0.15) is 6.10 Å². The van der Waals surface area contributed by atoms with Gasteiger partial charge in [0.15, 0.2) is 0 Å². The van der Waals surface area contributed by atoms with Crippen LogP contribution >= 0.6 is 0 Å². The fraction of sp³-hybridized carbons (Fsp3) is 0.846. The molecule has 1 aliphatic heterocycles. The van der Waals surface area contributed by atoms with E-state index in [1.807, 2.05) is 0 Å². The van der Waals surface area contributed by atoms with Crippen molar-refractivity contribution in [2.24, 2.45) is 5.92 Å². The predicted octanol–water partition coefficient (Wildman–Crippen LogP) is 1.81. The molecule has 2 fully saturated rings. The Hall–Kier alpha value is -0.940. The van der Waals surface area contributed by atoms with Crippen LogP contribution < -0.4 is 5.32 Å². The van der Waals surface area contributed by atoms with E-state index in [1.165, 1.54) is 12.8 Å². The summed E-state index contributed by atoms with van der Waals surface area (Å²) in [6.07, 6.45) is 4.69. The Labute approximate surface area is 107 Å². The molecule has 5 nitrogen and oxygen atoms in total. The summed E-state index contributed by atoms with van der Waals surface area (Å²) >= 11 is 0. The van der Waals surface area contributed by atoms with Crippen LogP contribution in [-0.2, 0) is 10.2 Å². The maximum Gasteiger partial charge on any atom is 0.233 e. The Morgan fingerprint density at radius 1 is 1.50 bits per heavy atom. The number of rotatable bonds is 4. The van der Waals surface area contributed by atoms with Crippen molar-refractivity contribution in [2.75, 3.05) is 20.2 Å². The van der Waals surface area contributed by atoms with E-state index >= 15 is 0 Å². The third-order valence-corrected chi connectivity index (χ3v) is 4.11. The lowest BCUT2D eigenvalue weighted by molar-refractivity contribution is 0.0751. The maximum absolute atomic E-state index is 5.49. The lowest BCUT2D eigenvalue weighted by Crippen LogP contribution is -2.41. The summed E-state index contributed by atoms with van der Waals surface area (Å²) in [6.45, 7) is 4.18. The number of hydrogen-bond acceptors (Lipinski definition) is 5. The van der Waals surface area contributed by atoms with Gasteiger partial charge in [0, 0.05) is 13.7 Å². The highest BCUT2D eigenvalue weighted by Crippen LogP contribution is 2.42. The number of nitrogens with zero attached hydrogens (tertiary/aromatic N) is 2. The normalized spacial score (nSPS) is 30.3. The molecule has 1 saturated carbocycles. The number of hydrogen-bond donors (Lipinski definition) is 1.